The van der Waals surface area contributed by atoms with Gasteiger partial charge in [0.05, 0.1) is 5.56 Å². The number of halogens is 4. The number of carboxylic acids is 1. The van der Waals surface area contributed by atoms with Gasteiger partial charge in [0.15, 0.2) is 0 Å². The Balaban J connectivity index is 1.34. The molecule has 2 atom stereocenters. The third kappa shape index (κ3) is 7.13. The summed E-state index contributed by atoms with van der Waals surface area (Å²) in [6.45, 7) is 4.31. The molecule has 37 heavy (non-hydrogen) atoms. The van der Waals surface area contributed by atoms with Gasteiger partial charge in [-0.1, -0.05) is 17.7 Å². The van der Waals surface area contributed by atoms with E-state index >= 15 is 0 Å². The number of amides is 1. The van der Waals surface area contributed by atoms with Crippen molar-refractivity contribution < 1.29 is 27.9 Å². The van der Waals surface area contributed by atoms with Gasteiger partial charge in [0.2, 0.25) is 0 Å². The molecule has 7 nitrogen and oxygen atoms in total. The van der Waals surface area contributed by atoms with E-state index in [1.54, 1.807) is 17.0 Å². The van der Waals surface area contributed by atoms with Crippen LogP contribution in [0.3, 0.4) is 0 Å². The SMILES string of the molecule is O=C(O)CC1CCN(C(=O)c2ccnc(Cl)c2)CC1CCN1CCN(c2cccc(C(F)(F)F)c2)CC1. The molecule has 0 spiro atoms. The number of pyridine rings is 1. The molecule has 0 saturated carbocycles. The number of alkyl halides is 3. The lowest BCUT2D eigenvalue weighted by molar-refractivity contribution is -0.139. The molecule has 1 amide bonds. The molecule has 1 aromatic carbocycles. The third-order valence-corrected chi connectivity index (χ3v) is 7.52. The first-order chi connectivity index (χ1) is 17.6. The van der Waals surface area contributed by atoms with E-state index in [0.717, 1.165) is 19.0 Å². The van der Waals surface area contributed by atoms with Crippen molar-refractivity contribution in [2.45, 2.75) is 25.4 Å². The summed E-state index contributed by atoms with van der Waals surface area (Å²) in [6.07, 6.45) is -1.46. The number of carbonyl (C=O) groups is 2. The largest absolute Gasteiger partial charge is 0.481 e. The number of hydrogen-bond donors (Lipinski definition) is 1. The van der Waals surface area contributed by atoms with E-state index in [9.17, 15) is 27.9 Å². The van der Waals surface area contributed by atoms with Gasteiger partial charge in [-0.3, -0.25) is 14.5 Å². The van der Waals surface area contributed by atoms with Crippen LogP contribution in [0, 0.1) is 11.8 Å². The van der Waals surface area contributed by atoms with Gasteiger partial charge in [0.1, 0.15) is 5.15 Å². The van der Waals surface area contributed by atoms with E-state index in [4.69, 9.17) is 11.6 Å². The highest BCUT2D eigenvalue weighted by molar-refractivity contribution is 6.29. The average molecular weight is 539 g/mol. The van der Waals surface area contributed by atoms with Gasteiger partial charge < -0.3 is 14.9 Å². The number of hydrogen-bond acceptors (Lipinski definition) is 5. The first-order valence-electron chi connectivity index (χ1n) is 12.4. The molecule has 2 saturated heterocycles. The van der Waals surface area contributed by atoms with Crippen molar-refractivity contribution in [3.8, 4) is 0 Å². The van der Waals surface area contributed by atoms with Gasteiger partial charge in [-0.15, -0.1) is 0 Å². The van der Waals surface area contributed by atoms with Crippen LogP contribution >= 0.6 is 11.6 Å². The van der Waals surface area contributed by atoms with Crippen molar-refractivity contribution >= 4 is 29.2 Å². The highest BCUT2D eigenvalue weighted by Gasteiger charge is 2.34. The fourth-order valence-corrected chi connectivity index (χ4v) is 5.43. The molecule has 2 unspecified atom stereocenters. The number of benzene rings is 1. The maximum Gasteiger partial charge on any atom is 0.416 e. The van der Waals surface area contributed by atoms with Gasteiger partial charge in [0.25, 0.3) is 5.91 Å². The fraction of sp³-hybridized carbons (Fsp3) is 0.500. The average Bonchev–Trinajstić information content (AvgIpc) is 2.87. The second kappa shape index (κ2) is 11.7. The zero-order valence-corrected chi connectivity index (χ0v) is 21.1. The van der Waals surface area contributed by atoms with Gasteiger partial charge in [0, 0.05) is 63.1 Å². The first-order valence-corrected chi connectivity index (χ1v) is 12.7. The standard InChI is InChI=1S/C26H30ClF3N4O3/c27-23-14-19(4-7-31-23)25(37)34-9-6-18(15-24(35)36)20(17-34)5-8-32-10-12-33(13-11-32)22-3-1-2-21(16-22)26(28,29)30/h1-4,7,14,16,18,20H,5-6,8-13,15,17H2,(H,35,36). The Labute approximate surface area is 218 Å². The van der Waals surface area contributed by atoms with Crippen LogP contribution in [0.15, 0.2) is 42.6 Å². The van der Waals surface area contributed by atoms with Crippen molar-refractivity contribution in [3.05, 3.63) is 58.9 Å². The Morgan fingerprint density at radius 3 is 2.49 bits per heavy atom. The van der Waals surface area contributed by atoms with Crippen LogP contribution in [-0.4, -0.2) is 77.6 Å². The van der Waals surface area contributed by atoms with Gasteiger partial charge in [-0.2, -0.15) is 13.2 Å². The van der Waals surface area contributed by atoms with Crippen molar-refractivity contribution in [2.24, 2.45) is 11.8 Å². The summed E-state index contributed by atoms with van der Waals surface area (Å²) in [4.78, 5) is 34.4. The quantitative estimate of drug-likeness (QED) is 0.522. The monoisotopic (exact) mass is 538 g/mol. The van der Waals surface area contributed by atoms with E-state index in [1.165, 1.54) is 24.4 Å². The van der Waals surface area contributed by atoms with Crippen molar-refractivity contribution in [1.82, 2.24) is 14.8 Å². The smallest absolute Gasteiger partial charge is 0.416 e. The predicted octanol–water partition coefficient (Wildman–Crippen LogP) is 4.52. The number of aliphatic carboxylic acids is 1. The molecule has 2 aromatic rings. The Morgan fingerprint density at radius 2 is 1.81 bits per heavy atom. The first kappa shape index (κ1) is 27.2. The number of rotatable bonds is 7. The Bertz CT molecular complexity index is 1110. The highest BCUT2D eigenvalue weighted by Crippen LogP contribution is 2.33. The maximum absolute atomic E-state index is 13.1. The summed E-state index contributed by atoms with van der Waals surface area (Å²) in [6, 6.07) is 8.56. The summed E-state index contributed by atoms with van der Waals surface area (Å²) >= 11 is 5.94. The normalized spacial score (nSPS) is 21.2. The van der Waals surface area contributed by atoms with E-state index in [1.807, 2.05) is 4.90 Å². The molecular formula is C26H30ClF3N4O3. The number of piperidine rings is 1. The molecule has 0 bridgehead atoms. The number of piperazine rings is 1. The molecular weight excluding hydrogens is 509 g/mol. The van der Waals surface area contributed by atoms with Crippen molar-refractivity contribution in [3.63, 3.8) is 0 Å². The maximum atomic E-state index is 13.1. The van der Waals surface area contributed by atoms with E-state index in [-0.39, 0.29) is 29.3 Å². The molecule has 11 heteroatoms. The summed E-state index contributed by atoms with van der Waals surface area (Å²) in [5.41, 5.74) is 0.372. The van der Waals surface area contributed by atoms with Crippen molar-refractivity contribution in [2.75, 3.05) is 50.7 Å². The second-order valence-electron chi connectivity index (χ2n) is 9.69. The molecule has 0 aliphatic carbocycles. The second-order valence-corrected chi connectivity index (χ2v) is 10.1. The topological polar surface area (TPSA) is 77.0 Å². The summed E-state index contributed by atoms with van der Waals surface area (Å²) in [5.74, 6) is -0.968. The van der Waals surface area contributed by atoms with Gasteiger partial charge in [-0.05, 0) is 61.6 Å². The number of carboxylic acid groups (broad SMARTS) is 1. The molecule has 0 radical (unpaired) electrons. The number of nitrogens with zero attached hydrogens (tertiary/aromatic N) is 4. The molecule has 1 N–H and O–H groups in total. The van der Waals surface area contributed by atoms with Crippen LogP contribution in [-0.2, 0) is 11.0 Å². The Kier molecular flexibility index (Phi) is 8.59. The van der Waals surface area contributed by atoms with Crippen LogP contribution in [0.2, 0.25) is 5.15 Å². The number of likely N-dealkylation sites (tertiary alicyclic amines) is 1. The number of carbonyl (C=O) groups excluding carboxylic acids is 1. The fourth-order valence-electron chi connectivity index (χ4n) is 5.26. The minimum Gasteiger partial charge on any atom is -0.481 e. The Hall–Kier alpha value is -2.85. The lowest BCUT2D eigenvalue weighted by Crippen LogP contribution is -2.48. The molecule has 2 aliphatic rings. The number of anilines is 1. The van der Waals surface area contributed by atoms with E-state index in [2.05, 4.69) is 9.88 Å². The van der Waals surface area contributed by atoms with Crippen LogP contribution in [0.4, 0.5) is 18.9 Å². The highest BCUT2D eigenvalue weighted by atomic mass is 35.5. The van der Waals surface area contributed by atoms with Gasteiger partial charge in [-0.25, -0.2) is 4.98 Å². The minimum atomic E-state index is -4.37. The van der Waals surface area contributed by atoms with Crippen molar-refractivity contribution in [1.29, 1.82) is 0 Å². The molecule has 1 aromatic heterocycles. The third-order valence-electron chi connectivity index (χ3n) is 7.32. The van der Waals surface area contributed by atoms with Gasteiger partial charge >= 0.3 is 12.1 Å². The molecule has 2 aliphatic heterocycles. The van der Waals surface area contributed by atoms with E-state index in [0.29, 0.717) is 56.9 Å². The molecule has 200 valence electrons. The zero-order chi connectivity index (χ0) is 26.6. The minimum absolute atomic E-state index is 0.0195. The van der Waals surface area contributed by atoms with Crippen LogP contribution in [0.1, 0.15) is 35.2 Å². The van der Waals surface area contributed by atoms with E-state index < -0.39 is 17.7 Å². The molecule has 2 fully saturated rings. The Morgan fingerprint density at radius 1 is 1.05 bits per heavy atom. The summed E-state index contributed by atoms with van der Waals surface area (Å²) in [7, 11) is 0. The van der Waals surface area contributed by atoms with Crippen LogP contribution in [0.25, 0.3) is 0 Å². The zero-order valence-electron chi connectivity index (χ0n) is 20.3. The lowest BCUT2D eigenvalue weighted by Gasteiger charge is -2.40. The molecule has 4 rings (SSSR count). The predicted molar refractivity (Wildman–Crippen MR) is 134 cm³/mol. The number of aromatic nitrogens is 1. The van der Waals surface area contributed by atoms with Crippen LogP contribution < -0.4 is 4.90 Å². The molecule has 3 heterocycles. The van der Waals surface area contributed by atoms with Crippen LogP contribution in [0.5, 0.6) is 0 Å². The summed E-state index contributed by atoms with van der Waals surface area (Å²) < 4.78 is 39.2. The summed E-state index contributed by atoms with van der Waals surface area (Å²) in [5, 5.41) is 9.65. The lowest BCUT2D eigenvalue weighted by atomic mass is 9.81.